The third kappa shape index (κ3) is 3.62. The Hall–Kier alpha value is -1.32. The lowest BCUT2D eigenvalue weighted by Gasteiger charge is -2.06. The highest BCUT2D eigenvalue weighted by Gasteiger charge is 2.13. The smallest absolute Gasteiger partial charge is 0.143 e. The molecule has 0 saturated heterocycles. The van der Waals surface area contributed by atoms with E-state index in [2.05, 4.69) is 5.10 Å². The van der Waals surface area contributed by atoms with Gasteiger partial charge in [-0.25, -0.2) is 0 Å². The van der Waals surface area contributed by atoms with Crippen molar-refractivity contribution in [2.24, 2.45) is 0 Å². The summed E-state index contributed by atoms with van der Waals surface area (Å²) in [5.41, 5.74) is 1.45. The van der Waals surface area contributed by atoms with Crippen LogP contribution in [0.15, 0.2) is 30.5 Å². The number of rotatable bonds is 5. The van der Waals surface area contributed by atoms with Crippen molar-refractivity contribution in [1.29, 1.82) is 0 Å². The van der Waals surface area contributed by atoms with Gasteiger partial charge in [-0.05, 0) is 37.6 Å². The third-order valence-electron chi connectivity index (χ3n) is 3.01. The fourth-order valence-electron chi connectivity index (χ4n) is 1.92. The molecule has 0 atom stereocenters. The molecule has 0 radical (unpaired) electrons. The van der Waals surface area contributed by atoms with E-state index in [0.717, 1.165) is 5.69 Å². The van der Waals surface area contributed by atoms with Gasteiger partial charge in [0, 0.05) is 28.7 Å². The van der Waals surface area contributed by atoms with E-state index in [4.69, 9.17) is 23.2 Å². The molecular weight excluding hydrogens is 295 g/mol. The number of carbonyl (C=O) groups excluding carboxylic acids is 1. The highest BCUT2D eigenvalue weighted by atomic mass is 35.5. The van der Waals surface area contributed by atoms with Crippen molar-refractivity contribution in [1.82, 2.24) is 9.78 Å². The van der Waals surface area contributed by atoms with E-state index >= 15 is 0 Å². The first kappa shape index (κ1) is 15.1. The van der Waals surface area contributed by atoms with E-state index in [-0.39, 0.29) is 18.2 Å². The Kier molecular flexibility index (Phi) is 4.84. The summed E-state index contributed by atoms with van der Waals surface area (Å²) in [7, 11) is 0. The van der Waals surface area contributed by atoms with Crippen molar-refractivity contribution in [2.75, 3.05) is 0 Å². The molecule has 0 saturated carbocycles. The number of hydrogen-bond acceptors (Lipinski definition) is 2. The highest BCUT2D eigenvalue weighted by molar-refractivity contribution is 6.36. The molecule has 3 nitrogen and oxygen atoms in total. The van der Waals surface area contributed by atoms with Crippen molar-refractivity contribution in [3.63, 3.8) is 0 Å². The second kappa shape index (κ2) is 6.42. The van der Waals surface area contributed by atoms with Crippen LogP contribution in [0.25, 0.3) is 0 Å². The van der Waals surface area contributed by atoms with Crippen LogP contribution in [-0.4, -0.2) is 15.6 Å². The highest BCUT2D eigenvalue weighted by Crippen LogP contribution is 2.25. The summed E-state index contributed by atoms with van der Waals surface area (Å²) in [4.78, 5) is 12.1. The lowest BCUT2D eigenvalue weighted by Crippen LogP contribution is -2.09. The Bertz CT molecular complexity index is 600. The molecule has 0 spiro atoms. The number of carbonyl (C=O) groups is 1. The van der Waals surface area contributed by atoms with E-state index in [1.54, 1.807) is 18.2 Å². The van der Waals surface area contributed by atoms with Crippen molar-refractivity contribution in [3.8, 4) is 0 Å². The maximum Gasteiger partial charge on any atom is 0.143 e. The van der Waals surface area contributed by atoms with Crippen molar-refractivity contribution < 1.29 is 4.79 Å². The fourth-order valence-corrected chi connectivity index (χ4v) is 2.45. The van der Waals surface area contributed by atoms with Crippen LogP contribution in [0.5, 0.6) is 0 Å². The maximum absolute atomic E-state index is 12.1. The van der Waals surface area contributed by atoms with Crippen LogP contribution >= 0.6 is 23.2 Å². The van der Waals surface area contributed by atoms with Crippen molar-refractivity contribution >= 4 is 29.0 Å². The van der Waals surface area contributed by atoms with Gasteiger partial charge in [0.2, 0.25) is 0 Å². The predicted octanol–water partition coefficient (Wildman–Crippen LogP) is 4.13. The normalized spacial score (nSPS) is 11.1. The van der Waals surface area contributed by atoms with Gasteiger partial charge in [0.15, 0.2) is 0 Å². The zero-order valence-corrected chi connectivity index (χ0v) is 12.9. The Morgan fingerprint density at radius 2 is 1.85 bits per heavy atom. The molecule has 2 aromatic rings. The monoisotopic (exact) mass is 310 g/mol. The van der Waals surface area contributed by atoms with Crippen LogP contribution in [0.2, 0.25) is 10.0 Å². The topological polar surface area (TPSA) is 34.9 Å². The van der Waals surface area contributed by atoms with Gasteiger partial charge in [-0.3, -0.25) is 9.48 Å². The quantitative estimate of drug-likeness (QED) is 0.832. The average Bonchev–Trinajstić information content (AvgIpc) is 2.82. The fraction of sp³-hybridized carbons (Fsp3) is 0.333. The number of hydrogen-bond donors (Lipinski definition) is 0. The summed E-state index contributed by atoms with van der Waals surface area (Å²) in [6.07, 6.45) is 2.41. The first-order valence-electron chi connectivity index (χ1n) is 6.46. The summed E-state index contributed by atoms with van der Waals surface area (Å²) in [6, 6.07) is 7.40. The zero-order chi connectivity index (χ0) is 14.7. The van der Waals surface area contributed by atoms with E-state index < -0.39 is 0 Å². The molecule has 0 aliphatic rings. The van der Waals surface area contributed by atoms with E-state index in [0.29, 0.717) is 22.0 Å². The summed E-state index contributed by atoms with van der Waals surface area (Å²) in [5, 5.41) is 5.42. The molecule has 0 fully saturated rings. The summed E-state index contributed by atoms with van der Waals surface area (Å²) in [5.74, 6) is 0.0500. The number of ketones is 1. The Morgan fingerprint density at radius 3 is 2.40 bits per heavy atom. The number of halogens is 2. The van der Waals surface area contributed by atoms with Gasteiger partial charge in [0.25, 0.3) is 0 Å². The van der Waals surface area contributed by atoms with Crippen LogP contribution < -0.4 is 0 Å². The van der Waals surface area contributed by atoms with Crippen LogP contribution in [-0.2, 0) is 17.6 Å². The summed E-state index contributed by atoms with van der Waals surface area (Å²) < 4.78 is 1.84. The van der Waals surface area contributed by atoms with E-state index in [1.165, 1.54) is 0 Å². The van der Waals surface area contributed by atoms with Gasteiger partial charge >= 0.3 is 0 Å². The summed E-state index contributed by atoms with van der Waals surface area (Å²) in [6.45, 7) is 4.09. The molecule has 1 aromatic carbocycles. The average molecular weight is 311 g/mol. The van der Waals surface area contributed by atoms with Crippen molar-refractivity contribution in [2.45, 2.75) is 32.7 Å². The van der Waals surface area contributed by atoms with Crippen molar-refractivity contribution in [3.05, 3.63) is 51.8 Å². The van der Waals surface area contributed by atoms with E-state index in [9.17, 15) is 4.79 Å². The molecule has 0 N–H and O–H groups in total. The lowest BCUT2D eigenvalue weighted by atomic mass is 10.1. The lowest BCUT2D eigenvalue weighted by molar-refractivity contribution is -0.117. The number of nitrogens with zero attached hydrogens (tertiary/aromatic N) is 2. The molecule has 1 aromatic heterocycles. The Morgan fingerprint density at radius 1 is 1.20 bits per heavy atom. The molecular formula is C15H16Cl2N2O. The van der Waals surface area contributed by atoms with Gasteiger partial charge in [-0.1, -0.05) is 29.3 Å². The minimum Gasteiger partial charge on any atom is -0.299 e. The molecule has 1 heterocycles. The molecule has 106 valence electrons. The standard InChI is InChI=1S/C15H16Cl2N2O/c1-10(2)19-7-6-11(18-19)8-12(20)9-13-14(16)4-3-5-15(13)17/h3-7,10H,8-9H2,1-2H3. The predicted molar refractivity (Wildman–Crippen MR) is 81.5 cm³/mol. The molecule has 0 aliphatic carbocycles. The minimum absolute atomic E-state index is 0.0500. The number of benzene rings is 1. The van der Waals surface area contributed by atoms with Gasteiger partial charge in [-0.2, -0.15) is 5.10 Å². The van der Waals surface area contributed by atoms with Gasteiger partial charge in [-0.15, -0.1) is 0 Å². The molecule has 20 heavy (non-hydrogen) atoms. The minimum atomic E-state index is 0.0500. The third-order valence-corrected chi connectivity index (χ3v) is 3.71. The molecule has 0 unspecified atom stereocenters. The summed E-state index contributed by atoms with van der Waals surface area (Å²) >= 11 is 12.1. The van der Waals surface area contributed by atoms with Crippen LogP contribution in [0.4, 0.5) is 0 Å². The van der Waals surface area contributed by atoms with Gasteiger partial charge < -0.3 is 0 Å². The first-order chi connectivity index (χ1) is 9.47. The van der Waals surface area contributed by atoms with Crippen LogP contribution in [0, 0.1) is 0 Å². The molecule has 0 amide bonds. The van der Waals surface area contributed by atoms with E-state index in [1.807, 2.05) is 30.8 Å². The Labute approximate surface area is 128 Å². The van der Waals surface area contributed by atoms with Gasteiger partial charge in [0.05, 0.1) is 12.1 Å². The van der Waals surface area contributed by atoms with Crippen LogP contribution in [0.3, 0.4) is 0 Å². The molecule has 0 bridgehead atoms. The Balaban J connectivity index is 2.05. The number of Topliss-reactive ketones (excluding diaryl/α,β-unsaturated/α-hetero) is 1. The second-order valence-electron chi connectivity index (χ2n) is 4.97. The molecule has 0 aliphatic heterocycles. The SMILES string of the molecule is CC(C)n1ccc(CC(=O)Cc2c(Cl)cccc2Cl)n1. The molecule has 2 rings (SSSR count). The first-order valence-corrected chi connectivity index (χ1v) is 7.21. The largest absolute Gasteiger partial charge is 0.299 e. The number of aromatic nitrogens is 2. The zero-order valence-electron chi connectivity index (χ0n) is 11.4. The van der Waals surface area contributed by atoms with Gasteiger partial charge in [0.1, 0.15) is 5.78 Å². The second-order valence-corrected chi connectivity index (χ2v) is 5.79. The molecule has 5 heteroatoms. The maximum atomic E-state index is 12.1. The van der Waals surface area contributed by atoms with Crippen LogP contribution in [0.1, 0.15) is 31.1 Å².